The molecule has 37 heavy (non-hydrogen) atoms. The summed E-state index contributed by atoms with van der Waals surface area (Å²) in [6, 6.07) is 13.7. The summed E-state index contributed by atoms with van der Waals surface area (Å²) in [6.07, 6.45) is 0.603. The summed E-state index contributed by atoms with van der Waals surface area (Å²) in [6.45, 7) is 7.65. The van der Waals surface area contributed by atoms with E-state index in [4.69, 9.17) is 9.47 Å². The lowest BCUT2D eigenvalue weighted by atomic mass is 9.82. The number of benzene rings is 2. The van der Waals surface area contributed by atoms with Crippen LogP contribution in [0.4, 0.5) is 9.18 Å². The summed E-state index contributed by atoms with van der Waals surface area (Å²) in [4.78, 5) is 38.8. The summed E-state index contributed by atoms with van der Waals surface area (Å²) in [5, 5.41) is 2.66. The molecule has 1 N–H and O–H groups in total. The van der Waals surface area contributed by atoms with Gasteiger partial charge in [-0.05, 0) is 38.5 Å². The molecule has 0 aliphatic carbocycles. The number of halogens is 2. The molecule has 1 unspecified atom stereocenters. The fourth-order valence-corrected chi connectivity index (χ4v) is 5.20. The van der Waals surface area contributed by atoms with Crippen LogP contribution in [0.1, 0.15) is 55.6 Å². The van der Waals surface area contributed by atoms with Crippen molar-refractivity contribution in [3.8, 4) is 0 Å². The number of esters is 1. The van der Waals surface area contributed by atoms with Crippen LogP contribution < -0.4 is 22.3 Å². The molecule has 3 aliphatic rings. The molecule has 3 saturated heterocycles. The number of nitrogens with zero attached hydrogens (tertiary/aromatic N) is 1. The number of carbonyl (C=O) groups excluding carboxylic acids is 3. The van der Waals surface area contributed by atoms with Crippen LogP contribution in [0.25, 0.3) is 0 Å². The Hall–Kier alpha value is -2.78. The molecule has 0 saturated carbocycles. The van der Waals surface area contributed by atoms with E-state index in [0.29, 0.717) is 22.2 Å². The van der Waals surface area contributed by atoms with Crippen LogP contribution in [-0.4, -0.2) is 60.2 Å². The predicted molar refractivity (Wildman–Crippen MR) is 132 cm³/mol. The lowest BCUT2D eigenvalue weighted by molar-refractivity contribution is -0.938. The van der Waals surface area contributed by atoms with Gasteiger partial charge in [-0.3, -0.25) is 4.79 Å². The van der Waals surface area contributed by atoms with Gasteiger partial charge >= 0.3 is 12.1 Å². The molecule has 2 aromatic carbocycles. The zero-order chi connectivity index (χ0) is 25.9. The number of rotatable bonds is 7. The van der Waals surface area contributed by atoms with Crippen molar-refractivity contribution in [1.82, 2.24) is 5.32 Å². The van der Waals surface area contributed by atoms with Crippen LogP contribution in [0.15, 0.2) is 54.6 Å². The van der Waals surface area contributed by atoms with Crippen molar-refractivity contribution in [2.45, 2.75) is 51.4 Å². The molecule has 3 heterocycles. The molecule has 2 aromatic rings. The molecule has 1 amide bonds. The van der Waals surface area contributed by atoms with Crippen LogP contribution in [0, 0.1) is 11.7 Å². The number of hydrogen-bond donors (Lipinski definition) is 1. The average molecular weight is 577 g/mol. The predicted octanol–water partition coefficient (Wildman–Crippen LogP) is 1.43. The van der Waals surface area contributed by atoms with E-state index in [0.717, 1.165) is 25.9 Å². The van der Waals surface area contributed by atoms with Gasteiger partial charge in [-0.25, -0.2) is 14.0 Å². The van der Waals surface area contributed by atoms with E-state index in [1.54, 1.807) is 51.1 Å². The van der Waals surface area contributed by atoms with Gasteiger partial charge in [0.2, 0.25) is 5.78 Å². The van der Waals surface area contributed by atoms with E-state index in [1.165, 1.54) is 18.2 Å². The van der Waals surface area contributed by atoms with Gasteiger partial charge in [-0.2, -0.15) is 0 Å². The smallest absolute Gasteiger partial charge is 0.408 e. The molecule has 3 aliphatic heterocycles. The van der Waals surface area contributed by atoms with Crippen molar-refractivity contribution in [3.05, 3.63) is 71.5 Å². The summed E-state index contributed by atoms with van der Waals surface area (Å²) in [5.74, 6) is -0.903. The fraction of sp³-hybridized carbons (Fsp3) is 0.464. The van der Waals surface area contributed by atoms with Gasteiger partial charge in [-0.1, -0.05) is 42.5 Å². The first-order chi connectivity index (χ1) is 17.0. The lowest BCUT2D eigenvalue weighted by Crippen LogP contribution is -3.00. The third-order valence-electron chi connectivity index (χ3n) is 6.96. The van der Waals surface area contributed by atoms with Crippen molar-refractivity contribution in [2.75, 3.05) is 26.2 Å². The minimum atomic E-state index is -1.01. The number of nitrogens with one attached hydrogen (secondary N) is 1. The molecular formula is C28H34BrFN2O5. The maximum Gasteiger partial charge on any atom is 0.408 e. The lowest BCUT2D eigenvalue weighted by Gasteiger charge is -2.51. The maximum absolute atomic E-state index is 13.6. The van der Waals surface area contributed by atoms with Crippen LogP contribution in [0.2, 0.25) is 0 Å². The van der Waals surface area contributed by atoms with Crippen LogP contribution in [-0.2, 0) is 14.3 Å². The van der Waals surface area contributed by atoms with Gasteiger partial charge in [0.25, 0.3) is 0 Å². The van der Waals surface area contributed by atoms with Gasteiger partial charge in [0.05, 0.1) is 13.1 Å². The maximum atomic E-state index is 13.6. The van der Waals surface area contributed by atoms with Gasteiger partial charge in [0, 0.05) is 24.3 Å². The Balaban J connectivity index is 0.00000380. The van der Waals surface area contributed by atoms with E-state index >= 15 is 0 Å². The first-order valence-corrected chi connectivity index (χ1v) is 12.4. The largest absolute Gasteiger partial charge is 1.00 e. The molecule has 0 spiro atoms. The Bertz CT molecular complexity index is 1110. The summed E-state index contributed by atoms with van der Waals surface area (Å²) >= 11 is 0. The number of ketones is 1. The highest BCUT2D eigenvalue weighted by molar-refractivity contribution is 5.97. The fourth-order valence-electron chi connectivity index (χ4n) is 5.20. The third-order valence-corrected chi connectivity index (χ3v) is 6.96. The molecule has 200 valence electrons. The monoisotopic (exact) mass is 576 g/mol. The average Bonchev–Trinajstić information content (AvgIpc) is 2.82. The van der Waals surface area contributed by atoms with Crippen LogP contribution in [0.5, 0.6) is 0 Å². The van der Waals surface area contributed by atoms with Crippen LogP contribution in [0.3, 0.4) is 0 Å². The number of carbonyl (C=O) groups is 3. The first-order valence-electron chi connectivity index (χ1n) is 12.4. The molecule has 0 radical (unpaired) electrons. The molecule has 2 bridgehead atoms. The molecule has 5 rings (SSSR count). The van der Waals surface area contributed by atoms with Gasteiger partial charge < -0.3 is 36.3 Å². The number of ether oxygens (including phenoxy) is 2. The third kappa shape index (κ3) is 7.38. The number of amides is 1. The van der Waals surface area contributed by atoms with Crippen molar-refractivity contribution in [1.29, 1.82) is 0 Å². The number of piperidine rings is 3. The van der Waals surface area contributed by atoms with E-state index in [2.05, 4.69) is 5.32 Å². The molecular weight excluding hydrogens is 543 g/mol. The van der Waals surface area contributed by atoms with Crippen molar-refractivity contribution < 1.29 is 49.7 Å². The highest BCUT2D eigenvalue weighted by Gasteiger charge is 2.49. The number of hydrogen-bond acceptors (Lipinski definition) is 5. The summed E-state index contributed by atoms with van der Waals surface area (Å²) in [7, 11) is 0. The van der Waals surface area contributed by atoms with Crippen molar-refractivity contribution >= 4 is 17.8 Å². The number of alkyl carbamates (subject to hydrolysis) is 1. The Labute approximate surface area is 227 Å². The molecule has 9 heteroatoms. The van der Waals surface area contributed by atoms with Crippen LogP contribution >= 0.6 is 0 Å². The molecule has 2 atom stereocenters. The van der Waals surface area contributed by atoms with E-state index in [1.807, 2.05) is 6.07 Å². The highest BCUT2D eigenvalue weighted by atomic mass is 79.9. The Kier molecular flexibility index (Phi) is 9.13. The van der Waals surface area contributed by atoms with Gasteiger partial charge in [0.1, 0.15) is 24.5 Å². The molecule has 3 fully saturated rings. The zero-order valence-electron chi connectivity index (χ0n) is 21.4. The SMILES string of the molecule is CC(C)(C)OC(=O)NC(C(=O)O[C@H]1C[N+]2(CC(=O)c3cccc(F)c3)CCC1CC2)c1ccccc1.[Br-]. The normalized spacial score (nSPS) is 23.4. The van der Waals surface area contributed by atoms with Crippen molar-refractivity contribution in [2.24, 2.45) is 5.92 Å². The Morgan fingerprint density at radius 2 is 1.73 bits per heavy atom. The molecule has 7 nitrogen and oxygen atoms in total. The first kappa shape index (κ1) is 28.8. The second kappa shape index (κ2) is 11.7. The second-order valence-corrected chi connectivity index (χ2v) is 10.9. The quantitative estimate of drug-likeness (QED) is 0.306. The zero-order valence-corrected chi connectivity index (χ0v) is 23.0. The summed E-state index contributed by atoms with van der Waals surface area (Å²) in [5.41, 5.74) is 0.241. The topological polar surface area (TPSA) is 81.7 Å². The molecule has 0 aromatic heterocycles. The minimum absolute atomic E-state index is 0. The van der Waals surface area contributed by atoms with E-state index in [-0.39, 0.29) is 41.3 Å². The number of fused-ring (bicyclic) bond motifs is 3. The van der Waals surface area contributed by atoms with Gasteiger partial charge in [-0.15, -0.1) is 0 Å². The van der Waals surface area contributed by atoms with Gasteiger partial charge in [0.15, 0.2) is 12.1 Å². The number of Topliss-reactive ketones (excluding diaryl/α,β-unsaturated/α-hetero) is 1. The summed E-state index contributed by atoms with van der Waals surface area (Å²) < 4.78 is 25.5. The van der Waals surface area contributed by atoms with E-state index < -0.39 is 29.5 Å². The Morgan fingerprint density at radius 3 is 2.35 bits per heavy atom. The second-order valence-electron chi connectivity index (χ2n) is 10.9. The minimum Gasteiger partial charge on any atom is -1.00 e. The Morgan fingerprint density at radius 1 is 1.05 bits per heavy atom. The van der Waals surface area contributed by atoms with E-state index in [9.17, 15) is 18.8 Å². The van der Waals surface area contributed by atoms with Crippen molar-refractivity contribution in [3.63, 3.8) is 0 Å². The standard InChI is InChI=1S/C28H33FN2O5.BrH/c1-28(2,3)36-27(34)30-25(20-8-5-4-6-9-20)26(33)35-24-18-31(14-12-19(24)13-15-31)17-23(32)21-10-7-11-22(29)16-21;/h4-11,16,19,24-25H,12-15,17-18H2,1-3H3;1H/t19?,24-,25?,31?;/m0./s1. The highest BCUT2D eigenvalue weighted by Crippen LogP contribution is 2.36. The number of quaternary nitrogens is 1.